The minimum absolute atomic E-state index is 0.0647. The van der Waals surface area contributed by atoms with Gasteiger partial charge >= 0.3 is 0 Å². The maximum Gasteiger partial charge on any atom is 0.254 e. The summed E-state index contributed by atoms with van der Waals surface area (Å²) in [5, 5.41) is 0. The number of hydrogen-bond acceptors (Lipinski definition) is 2. The van der Waals surface area contributed by atoms with E-state index in [0.717, 1.165) is 16.8 Å². The summed E-state index contributed by atoms with van der Waals surface area (Å²) in [6.07, 6.45) is 0. The first-order valence-corrected chi connectivity index (χ1v) is 8.99. The normalized spacial score (nSPS) is 12.7. The first-order chi connectivity index (χ1) is 13.2. The fourth-order valence-electron chi connectivity index (χ4n) is 3.39. The van der Waals surface area contributed by atoms with Gasteiger partial charge in [-0.3, -0.25) is 9.59 Å². The average Bonchev–Trinajstić information content (AvgIpc) is 3.03. The van der Waals surface area contributed by atoms with Crippen molar-refractivity contribution in [3.8, 4) is 0 Å². The van der Waals surface area contributed by atoms with E-state index >= 15 is 0 Å². The van der Waals surface area contributed by atoms with Crippen molar-refractivity contribution in [1.29, 1.82) is 0 Å². The van der Waals surface area contributed by atoms with Gasteiger partial charge in [0.15, 0.2) is 0 Å². The zero-order valence-corrected chi connectivity index (χ0v) is 14.9. The minimum atomic E-state index is -0.0915. The maximum atomic E-state index is 13.1. The van der Waals surface area contributed by atoms with Crippen LogP contribution in [0.2, 0.25) is 0 Å². The molecular formula is C23H20N2O2. The van der Waals surface area contributed by atoms with Gasteiger partial charge in [-0.05, 0) is 29.3 Å². The predicted molar refractivity (Wildman–Crippen MR) is 105 cm³/mol. The summed E-state index contributed by atoms with van der Waals surface area (Å²) in [7, 11) is 0. The van der Waals surface area contributed by atoms with Gasteiger partial charge < -0.3 is 9.80 Å². The number of carbonyl (C=O) groups is 2. The average molecular weight is 356 g/mol. The molecule has 4 nitrogen and oxygen atoms in total. The lowest BCUT2D eigenvalue weighted by Gasteiger charge is -2.25. The third kappa shape index (κ3) is 3.60. The lowest BCUT2D eigenvalue weighted by atomic mass is 10.1. The minimum Gasteiger partial charge on any atom is -0.325 e. The van der Waals surface area contributed by atoms with Gasteiger partial charge in [-0.25, -0.2) is 0 Å². The molecule has 3 aromatic carbocycles. The Morgan fingerprint density at radius 1 is 0.852 bits per heavy atom. The quantitative estimate of drug-likeness (QED) is 0.696. The van der Waals surface area contributed by atoms with Gasteiger partial charge in [0, 0.05) is 17.8 Å². The monoisotopic (exact) mass is 356 g/mol. The van der Waals surface area contributed by atoms with Crippen LogP contribution in [-0.2, 0) is 17.9 Å². The molecule has 0 spiro atoms. The van der Waals surface area contributed by atoms with Crippen molar-refractivity contribution in [3.05, 3.63) is 102 Å². The Morgan fingerprint density at radius 3 is 2.19 bits per heavy atom. The summed E-state index contributed by atoms with van der Waals surface area (Å²) in [5.74, 6) is -0.169. The molecule has 0 atom stereocenters. The lowest BCUT2D eigenvalue weighted by molar-refractivity contribution is -0.119. The number of fused-ring (bicyclic) bond motifs is 1. The van der Waals surface area contributed by atoms with E-state index in [1.165, 1.54) is 0 Å². The van der Waals surface area contributed by atoms with Crippen molar-refractivity contribution < 1.29 is 9.59 Å². The Kier molecular flexibility index (Phi) is 4.71. The number of anilines is 1. The summed E-state index contributed by atoms with van der Waals surface area (Å²) in [6, 6.07) is 27.0. The fourth-order valence-corrected chi connectivity index (χ4v) is 3.39. The molecule has 4 heteroatoms. The molecular weight excluding hydrogens is 336 g/mol. The van der Waals surface area contributed by atoms with E-state index in [-0.39, 0.29) is 18.4 Å². The van der Waals surface area contributed by atoms with Crippen molar-refractivity contribution in [2.45, 2.75) is 13.1 Å². The zero-order chi connectivity index (χ0) is 18.6. The third-order valence-corrected chi connectivity index (χ3v) is 4.77. The summed E-state index contributed by atoms with van der Waals surface area (Å²) >= 11 is 0. The van der Waals surface area contributed by atoms with Crippen LogP contribution in [0.25, 0.3) is 0 Å². The number of hydrogen-bond donors (Lipinski definition) is 0. The highest BCUT2D eigenvalue weighted by Crippen LogP contribution is 2.23. The van der Waals surface area contributed by atoms with Crippen LogP contribution in [0.5, 0.6) is 0 Å². The van der Waals surface area contributed by atoms with Gasteiger partial charge in [0.2, 0.25) is 5.91 Å². The van der Waals surface area contributed by atoms with Crippen LogP contribution in [0, 0.1) is 0 Å². The van der Waals surface area contributed by atoms with Crippen LogP contribution in [0.1, 0.15) is 21.5 Å². The van der Waals surface area contributed by atoms with Gasteiger partial charge in [-0.1, -0.05) is 66.7 Å². The van der Waals surface area contributed by atoms with Crippen molar-refractivity contribution in [2.24, 2.45) is 0 Å². The maximum absolute atomic E-state index is 13.1. The molecule has 0 saturated heterocycles. The highest BCUT2D eigenvalue weighted by atomic mass is 16.2. The van der Waals surface area contributed by atoms with Gasteiger partial charge in [-0.15, -0.1) is 0 Å². The van der Waals surface area contributed by atoms with E-state index in [2.05, 4.69) is 0 Å². The molecule has 0 bridgehead atoms. The van der Waals surface area contributed by atoms with Crippen LogP contribution >= 0.6 is 0 Å². The molecule has 2 amide bonds. The molecule has 134 valence electrons. The Hall–Kier alpha value is -3.40. The molecule has 0 unspecified atom stereocenters. The molecule has 1 heterocycles. The second-order valence-corrected chi connectivity index (χ2v) is 6.62. The van der Waals surface area contributed by atoms with E-state index in [0.29, 0.717) is 18.7 Å². The Morgan fingerprint density at radius 2 is 1.48 bits per heavy atom. The number of rotatable bonds is 5. The molecule has 0 aliphatic carbocycles. The number of nitrogens with zero attached hydrogens (tertiary/aromatic N) is 2. The molecule has 0 aromatic heterocycles. The first kappa shape index (κ1) is 17.0. The first-order valence-electron chi connectivity index (χ1n) is 8.99. The van der Waals surface area contributed by atoms with Crippen LogP contribution in [0.3, 0.4) is 0 Å². The SMILES string of the molecule is O=C1c2ccccc2CN1CC(=O)N(Cc1ccccc1)c1ccccc1. The highest BCUT2D eigenvalue weighted by molar-refractivity contribution is 6.02. The molecule has 0 radical (unpaired) electrons. The highest BCUT2D eigenvalue weighted by Gasteiger charge is 2.30. The van der Waals surface area contributed by atoms with E-state index in [9.17, 15) is 9.59 Å². The Bertz CT molecular complexity index is 954. The van der Waals surface area contributed by atoms with Crippen LogP contribution < -0.4 is 4.90 Å². The van der Waals surface area contributed by atoms with Crippen LogP contribution in [0.15, 0.2) is 84.9 Å². The Labute approximate surface area is 158 Å². The number of para-hydroxylation sites is 1. The van der Waals surface area contributed by atoms with E-state index in [1.807, 2.05) is 84.9 Å². The van der Waals surface area contributed by atoms with Crippen LogP contribution in [0.4, 0.5) is 5.69 Å². The molecule has 0 N–H and O–H groups in total. The van der Waals surface area contributed by atoms with Crippen LogP contribution in [-0.4, -0.2) is 23.3 Å². The number of amides is 2. The van der Waals surface area contributed by atoms with Gasteiger partial charge in [0.05, 0.1) is 6.54 Å². The summed E-state index contributed by atoms with van der Waals surface area (Å²) < 4.78 is 0. The summed E-state index contributed by atoms with van der Waals surface area (Å²) in [5.41, 5.74) is 3.55. The van der Waals surface area contributed by atoms with E-state index in [1.54, 1.807) is 9.80 Å². The van der Waals surface area contributed by atoms with Crippen molar-refractivity contribution in [2.75, 3.05) is 11.4 Å². The van der Waals surface area contributed by atoms with Crippen molar-refractivity contribution in [3.63, 3.8) is 0 Å². The summed E-state index contributed by atoms with van der Waals surface area (Å²) in [4.78, 5) is 29.1. The molecule has 4 rings (SSSR count). The third-order valence-electron chi connectivity index (χ3n) is 4.77. The number of benzene rings is 3. The second-order valence-electron chi connectivity index (χ2n) is 6.62. The van der Waals surface area contributed by atoms with Crippen molar-refractivity contribution >= 4 is 17.5 Å². The molecule has 27 heavy (non-hydrogen) atoms. The summed E-state index contributed by atoms with van der Waals surface area (Å²) in [6.45, 7) is 1.02. The second kappa shape index (κ2) is 7.46. The fraction of sp³-hybridized carbons (Fsp3) is 0.130. The topological polar surface area (TPSA) is 40.6 Å². The van der Waals surface area contributed by atoms with E-state index < -0.39 is 0 Å². The van der Waals surface area contributed by atoms with Crippen molar-refractivity contribution in [1.82, 2.24) is 4.90 Å². The standard InChI is InChI=1S/C23H20N2O2/c26-22(17-24-16-19-11-7-8-14-21(19)23(24)27)25(20-12-5-2-6-13-20)15-18-9-3-1-4-10-18/h1-14H,15-17H2. The molecule has 1 aliphatic heterocycles. The van der Waals surface area contributed by atoms with Gasteiger partial charge in [0.25, 0.3) is 5.91 Å². The molecule has 3 aromatic rings. The van der Waals surface area contributed by atoms with Gasteiger partial charge in [-0.2, -0.15) is 0 Å². The zero-order valence-electron chi connectivity index (χ0n) is 14.9. The largest absolute Gasteiger partial charge is 0.325 e. The van der Waals surface area contributed by atoms with E-state index in [4.69, 9.17) is 0 Å². The predicted octanol–water partition coefficient (Wildman–Crippen LogP) is 3.88. The lowest BCUT2D eigenvalue weighted by Crippen LogP contribution is -2.40. The molecule has 0 fully saturated rings. The molecule has 1 aliphatic rings. The number of carbonyl (C=O) groups excluding carboxylic acids is 2. The smallest absolute Gasteiger partial charge is 0.254 e. The molecule has 0 saturated carbocycles. The Balaban J connectivity index is 1.55. The van der Waals surface area contributed by atoms with Gasteiger partial charge in [0.1, 0.15) is 6.54 Å².